The number of carbonyl (C=O) groups excluding carboxylic acids is 1. The summed E-state index contributed by atoms with van der Waals surface area (Å²) in [5.41, 5.74) is 6.56. The summed E-state index contributed by atoms with van der Waals surface area (Å²) in [6, 6.07) is 17.4. The molecule has 0 unspecified atom stereocenters. The third-order valence-corrected chi connectivity index (χ3v) is 5.66. The van der Waals surface area contributed by atoms with Crippen molar-refractivity contribution >= 4 is 34.1 Å². The molecule has 0 atom stereocenters. The molecule has 41 heavy (non-hydrogen) atoms. The van der Waals surface area contributed by atoms with E-state index in [1.165, 1.54) is 0 Å². The Labute approximate surface area is 237 Å². The standard InChI is InChI=1S/C29H33N5O7/c1-36-11-12-38-13-14-39-15-16-40-22-18-20(17-21(19-22)37-2)32-29-31-10-9-27(34-29)41-26-8-7-25(33-28(30)35)23-5-3-4-6-24(23)26/h3-10,17-19H,11-16H2,1-2H3,(H3,30,33,35)(H,31,32,34). The van der Waals surface area contributed by atoms with Crippen LogP contribution in [0.4, 0.5) is 22.1 Å². The minimum atomic E-state index is -0.644. The summed E-state index contributed by atoms with van der Waals surface area (Å²) in [7, 11) is 3.21. The first-order valence-corrected chi connectivity index (χ1v) is 12.9. The van der Waals surface area contributed by atoms with Crippen LogP contribution in [-0.4, -0.2) is 69.9 Å². The van der Waals surface area contributed by atoms with Crippen molar-refractivity contribution in [2.24, 2.45) is 5.73 Å². The van der Waals surface area contributed by atoms with Crippen molar-refractivity contribution in [1.29, 1.82) is 0 Å². The second-order valence-electron chi connectivity index (χ2n) is 8.55. The highest BCUT2D eigenvalue weighted by atomic mass is 16.6. The average Bonchev–Trinajstić information content (AvgIpc) is 2.97. The van der Waals surface area contributed by atoms with Gasteiger partial charge in [0.2, 0.25) is 11.8 Å². The van der Waals surface area contributed by atoms with Crippen LogP contribution in [0.25, 0.3) is 10.8 Å². The number of carbonyl (C=O) groups is 1. The SMILES string of the molecule is COCCOCCOCCOc1cc(Nc2nccc(Oc3ccc(NC(N)=O)c4ccccc34)n2)cc(OC)c1. The second kappa shape index (κ2) is 15.2. The summed E-state index contributed by atoms with van der Waals surface area (Å²) in [5, 5.41) is 7.36. The molecule has 2 amide bonds. The van der Waals surface area contributed by atoms with Crippen molar-refractivity contribution in [3.8, 4) is 23.1 Å². The number of fused-ring (bicyclic) bond motifs is 1. The van der Waals surface area contributed by atoms with Gasteiger partial charge in [-0.1, -0.05) is 24.3 Å². The Balaban J connectivity index is 1.39. The van der Waals surface area contributed by atoms with E-state index in [2.05, 4.69) is 20.6 Å². The number of nitrogens with one attached hydrogen (secondary N) is 2. The van der Waals surface area contributed by atoms with Crippen molar-refractivity contribution in [2.75, 3.05) is 64.5 Å². The zero-order valence-corrected chi connectivity index (χ0v) is 22.9. The van der Waals surface area contributed by atoms with Crippen LogP contribution in [0.15, 0.2) is 66.9 Å². The lowest BCUT2D eigenvalue weighted by molar-refractivity contribution is 0.0179. The molecule has 1 heterocycles. The van der Waals surface area contributed by atoms with Gasteiger partial charge in [-0.3, -0.25) is 0 Å². The maximum absolute atomic E-state index is 11.4. The fourth-order valence-electron chi connectivity index (χ4n) is 3.83. The quantitative estimate of drug-likeness (QED) is 0.163. The van der Waals surface area contributed by atoms with Crippen molar-refractivity contribution < 1.29 is 33.2 Å². The first-order valence-electron chi connectivity index (χ1n) is 12.9. The Hall–Kier alpha value is -4.65. The Morgan fingerprint density at radius 3 is 2.34 bits per heavy atom. The summed E-state index contributed by atoms with van der Waals surface area (Å²) >= 11 is 0. The Bertz CT molecular complexity index is 1440. The molecule has 0 aliphatic carbocycles. The van der Waals surface area contributed by atoms with E-state index >= 15 is 0 Å². The average molecular weight is 564 g/mol. The molecule has 0 radical (unpaired) electrons. The van der Waals surface area contributed by atoms with Gasteiger partial charge in [-0.15, -0.1) is 0 Å². The Kier molecular flexibility index (Phi) is 10.9. The van der Waals surface area contributed by atoms with Crippen molar-refractivity contribution in [3.05, 3.63) is 66.9 Å². The predicted octanol–water partition coefficient (Wildman–Crippen LogP) is 4.72. The third kappa shape index (κ3) is 8.93. The smallest absolute Gasteiger partial charge is 0.316 e. The van der Waals surface area contributed by atoms with Crippen LogP contribution in [0.1, 0.15) is 0 Å². The number of nitrogens with zero attached hydrogens (tertiary/aromatic N) is 2. The summed E-state index contributed by atoms with van der Waals surface area (Å²) in [4.78, 5) is 20.2. The highest BCUT2D eigenvalue weighted by molar-refractivity contribution is 6.03. The summed E-state index contributed by atoms with van der Waals surface area (Å²) in [6.45, 7) is 2.82. The van der Waals surface area contributed by atoms with Crippen LogP contribution in [0.5, 0.6) is 23.1 Å². The Morgan fingerprint density at radius 1 is 0.854 bits per heavy atom. The molecule has 0 saturated heterocycles. The van der Waals surface area contributed by atoms with Gasteiger partial charge in [-0.2, -0.15) is 4.98 Å². The molecule has 0 aliphatic heterocycles. The van der Waals surface area contributed by atoms with Gasteiger partial charge < -0.3 is 44.8 Å². The van der Waals surface area contributed by atoms with Gasteiger partial charge in [-0.25, -0.2) is 9.78 Å². The zero-order chi connectivity index (χ0) is 28.9. The van der Waals surface area contributed by atoms with E-state index in [0.29, 0.717) is 80.1 Å². The molecular weight excluding hydrogens is 530 g/mol. The molecule has 12 nitrogen and oxygen atoms in total. The number of nitrogens with two attached hydrogens (primary N) is 1. The van der Waals surface area contributed by atoms with Crippen LogP contribution >= 0.6 is 0 Å². The molecule has 216 valence electrons. The topological polar surface area (TPSA) is 148 Å². The monoisotopic (exact) mass is 563 g/mol. The zero-order valence-electron chi connectivity index (χ0n) is 22.9. The van der Waals surface area contributed by atoms with Crippen molar-refractivity contribution in [2.45, 2.75) is 0 Å². The van der Waals surface area contributed by atoms with Gasteiger partial charge in [-0.05, 0) is 12.1 Å². The lowest BCUT2D eigenvalue weighted by Crippen LogP contribution is -2.19. The maximum Gasteiger partial charge on any atom is 0.316 e. The van der Waals surface area contributed by atoms with E-state index in [1.807, 2.05) is 30.3 Å². The lowest BCUT2D eigenvalue weighted by Gasteiger charge is -2.13. The largest absolute Gasteiger partial charge is 0.497 e. The molecule has 0 spiro atoms. The number of hydrogen-bond acceptors (Lipinski definition) is 10. The number of hydrogen-bond donors (Lipinski definition) is 3. The number of primary amides is 1. The maximum atomic E-state index is 11.4. The fourth-order valence-corrected chi connectivity index (χ4v) is 3.83. The number of ether oxygens (including phenoxy) is 6. The molecule has 0 bridgehead atoms. The number of amides is 2. The lowest BCUT2D eigenvalue weighted by atomic mass is 10.1. The van der Waals surface area contributed by atoms with E-state index < -0.39 is 6.03 Å². The van der Waals surface area contributed by atoms with Gasteiger partial charge in [0.25, 0.3) is 0 Å². The molecule has 0 saturated carbocycles. The molecule has 0 fully saturated rings. The van der Waals surface area contributed by atoms with Crippen LogP contribution in [0.3, 0.4) is 0 Å². The van der Waals surface area contributed by atoms with Gasteiger partial charge in [0, 0.05) is 54.0 Å². The van der Waals surface area contributed by atoms with Gasteiger partial charge in [0.15, 0.2) is 0 Å². The molecule has 3 aromatic carbocycles. The number of aromatic nitrogens is 2. The van der Waals surface area contributed by atoms with Gasteiger partial charge in [0.1, 0.15) is 23.9 Å². The van der Waals surface area contributed by atoms with E-state index in [9.17, 15) is 4.79 Å². The molecule has 4 N–H and O–H groups in total. The molecule has 4 aromatic rings. The van der Waals surface area contributed by atoms with E-state index in [-0.39, 0.29) is 0 Å². The molecular formula is C29H33N5O7. The fraction of sp³-hybridized carbons (Fsp3) is 0.276. The highest BCUT2D eigenvalue weighted by Gasteiger charge is 2.11. The van der Waals surface area contributed by atoms with Crippen LogP contribution in [-0.2, 0) is 14.2 Å². The first-order chi connectivity index (χ1) is 20.1. The second-order valence-corrected chi connectivity index (χ2v) is 8.55. The van der Waals surface area contributed by atoms with E-state index in [0.717, 1.165) is 10.8 Å². The number of methoxy groups -OCH3 is 2. The molecule has 12 heteroatoms. The minimum absolute atomic E-state index is 0.315. The molecule has 4 rings (SSSR count). The summed E-state index contributed by atoms with van der Waals surface area (Å²) in [6.07, 6.45) is 1.59. The number of anilines is 3. The number of benzene rings is 3. The Morgan fingerprint density at radius 2 is 1.59 bits per heavy atom. The van der Waals surface area contributed by atoms with Crippen LogP contribution in [0.2, 0.25) is 0 Å². The summed E-state index contributed by atoms with van der Waals surface area (Å²) in [5.74, 6) is 2.39. The highest BCUT2D eigenvalue weighted by Crippen LogP contribution is 2.34. The van der Waals surface area contributed by atoms with Crippen LogP contribution < -0.4 is 30.6 Å². The molecule has 0 aliphatic rings. The predicted molar refractivity (Wildman–Crippen MR) is 155 cm³/mol. The van der Waals surface area contributed by atoms with E-state index in [1.54, 1.807) is 50.7 Å². The van der Waals surface area contributed by atoms with E-state index in [4.69, 9.17) is 34.2 Å². The third-order valence-electron chi connectivity index (χ3n) is 5.66. The first kappa shape index (κ1) is 29.3. The van der Waals surface area contributed by atoms with Gasteiger partial charge in [0.05, 0.1) is 45.8 Å². The molecule has 1 aromatic heterocycles. The van der Waals surface area contributed by atoms with Crippen LogP contribution in [0, 0.1) is 0 Å². The number of rotatable bonds is 16. The normalized spacial score (nSPS) is 10.8. The van der Waals surface area contributed by atoms with Crippen molar-refractivity contribution in [1.82, 2.24) is 9.97 Å². The van der Waals surface area contributed by atoms with Crippen molar-refractivity contribution in [3.63, 3.8) is 0 Å². The minimum Gasteiger partial charge on any atom is -0.497 e. The van der Waals surface area contributed by atoms with Gasteiger partial charge >= 0.3 is 6.03 Å². The summed E-state index contributed by atoms with van der Waals surface area (Å²) < 4.78 is 33.2. The number of urea groups is 1.